The van der Waals surface area contributed by atoms with Gasteiger partial charge in [-0.05, 0) is 5.92 Å². The summed E-state index contributed by atoms with van der Waals surface area (Å²) in [4.78, 5) is 8.00. The molecule has 0 saturated heterocycles. The highest BCUT2D eigenvalue weighted by molar-refractivity contribution is 5.10. The molecule has 0 atom stereocenters. The van der Waals surface area contributed by atoms with Crippen LogP contribution in [0, 0.1) is 5.92 Å². The van der Waals surface area contributed by atoms with Crippen LogP contribution < -0.4 is 0 Å². The molecule has 1 rings (SSSR count). The molecule has 42 valence electrons. The molecule has 0 aromatic rings. The molecule has 0 aromatic carbocycles. The fourth-order valence-electron chi connectivity index (χ4n) is 0.612. The number of rotatable bonds is 0. The van der Waals surface area contributed by atoms with Crippen molar-refractivity contribution in [2.75, 3.05) is 0 Å². The van der Waals surface area contributed by atoms with E-state index in [0.29, 0.717) is 0 Å². The minimum absolute atomic E-state index is 1.06. The van der Waals surface area contributed by atoms with Crippen molar-refractivity contribution in [2.24, 2.45) is 5.92 Å². The molecule has 0 bridgehead atoms. The first-order chi connectivity index (χ1) is 3.39. The quantitative estimate of drug-likeness (QED) is 0.452. The second kappa shape index (κ2) is 3.85. The molecule has 1 fully saturated rings. The molecule has 1 saturated carbocycles. The third-order valence-corrected chi connectivity index (χ3v) is 1.39. The predicted octanol–water partition coefficient (Wildman–Crippen LogP) is 1.62. The Labute approximate surface area is 44.7 Å². The van der Waals surface area contributed by atoms with Crippen LogP contribution in [0.4, 0.5) is 0 Å². The van der Waals surface area contributed by atoms with Crippen molar-refractivity contribution in [1.82, 2.24) is 0 Å². The molecule has 1 nitrogen and oxygen atoms in total. The van der Waals surface area contributed by atoms with Crippen molar-refractivity contribution in [3.8, 4) is 0 Å². The lowest BCUT2D eigenvalue weighted by Gasteiger charge is -2.18. The number of carbonyl (C=O) groups is 1. The number of hydrogen-bond acceptors (Lipinski definition) is 1. The van der Waals surface area contributed by atoms with Crippen LogP contribution in [0.2, 0.25) is 0 Å². The standard InChI is InChI=1S/C5H10.CH2O/c1-5-3-2-4-5;1-2/h5H,2-4H2,1H3;1H2. The normalized spacial score (nSPS) is 19.0. The van der Waals surface area contributed by atoms with Gasteiger partial charge in [0.05, 0.1) is 0 Å². The maximum Gasteiger partial charge on any atom is 0.106 e. The smallest absolute Gasteiger partial charge is 0.106 e. The van der Waals surface area contributed by atoms with Crippen LogP contribution in [0.1, 0.15) is 26.2 Å². The van der Waals surface area contributed by atoms with Gasteiger partial charge < -0.3 is 4.79 Å². The molecule has 0 aromatic heterocycles. The first-order valence-corrected chi connectivity index (χ1v) is 2.68. The van der Waals surface area contributed by atoms with Gasteiger partial charge in [0.25, 0.3) is 0 Å². The van der Waals surface area contributed by atoms with E-state index in [1.165, 1.54) is 19.3 Å². The topological polar surface area (TPSA) is 17.1 Å². The van der Waals surface area contributed by atoms with Crippen molar-refractivity contribution in [3.05, 3.63) is 0 Å². The van der Waals surface area contributed by atoms with E-state index in [-0.39, 0.29) is 0 Å². The third-order valence-electron chi connectivity index (χ3n) is 1.39. The van der Waals surface area contributed by atoms with E-state index in [4.69, 9.17) is 4.79 Å². The molecule has 0 N–H and O–H groups in total. The van der Waals surface area contributed by atoms with Crippen molar-refractivity contribution < 1.29 is 4.79 Å². The first kappa shape index (κ1) is 6.67. The Kier molecular flexibility index (Phi) is 3.67. The minimum Gasteiger partial charge on any atom is -0.307 e. The van der Waals surface area contributed by atoms with E-state index in [0.717, 1.165) is 5.92 Å². The molecular formula is C6H12O. The monoisotopic (exact) mass is 100 g/mol. The highest BCUT2D eigenvalue weighted by Gasteiger charge is 2.09. The van der Waals surface area contributed by atoms with Crippen LogP contribution in [0.3, 0.4) is 0 Å². The van der Waals surface area contributed by atoms with Crippen LogP contribution in [0.25, 0.3) is 0 Å². The van der Waals surface area contributed by atoms with Gasteiger partial charge in [-0.25, -0.2) is 0 Å². The molecule has 1 aliphatic carbocycles. The molecule has 0 spiro atoms. The lowest BCUT2D eigenvalue weighted by Crippen LogP contribution is -2.04. The first-order valence-electron chi connectivity index (χ1n) is 2.68. The predicted molar refractivity (Wildman–Crippen MR) is 30.1 cm³/mol. The number of carbonyl (C=O) groups excluding carboxylic acids is 1. The van der Waals surface area contributed by atoms with Crippen molar-refractivity contribution >= 4 is 6.79 Å². The average molecular weight is 100 g/mol. The molecule has 1 aliphatic rings. The van der Waals surface area contributed by atoms with Crippen molar-refractivity contribution in [2.45, 2.75) is 26.2 Å². The summed E-state index contributed by atoms with van der Waals surface area (Å²) in [5, 5.41) is 0. The van der Waals surface area contributed by atoms with Crippen LogP contribution in [-0.2, 0) is 4.79 Å². The molecule has 0 aliphatic heterocycles. The maximum absolute atomic E-state index is 8.00. The minimum atomic E-state index is 1.06. The Balaban J connectivity index is 0.000000162. The van der Waals surface area contributed by atoms with Gasteiger partial charge in [-0.2, -0.15) is 0 Å². The fourth-order valence-corrected chi connectivity index (χ4v) is 0.612. The van der Waals surface area contributed by atoms with Crippen LogP contribution >= 0.6 is 0 Å². The van der Waals surface area contributed by atoms with Gasteiger partial charge in [-0.3, -0.25) is 0 Å². The lowest BCUT2D eigenvalue weighted by atomic mass is 9.88. The van der Waals surface area contributed by atoms with Gasteiger partial charge in [0.2, 0.25) is 0 Å². The van der Waals surface area contributed by atoms with Crippen molar-refractivity contribution in [1.29, 1.82) is 0 Å². The molecule has 7 heavy (non-hydrogen) atoms. The Morgan fingerprint density at radius 1 is 1.43 bits per heavy atom. The van der Waals surface area contributed by atoms with E-state index >= 15 is 0 Å². The summed E-state index contributed by atoms with van der Waals surface area (Å²) < 4.78 is 0. The van der Waals surface area contributed by atoms with Gasteiger partial charge in [-0.1, -0.05) is 26.2 Å². The zero-order chi connectivity index (χ0) is 5.70. The average Bonchev–Trinajstić information content (AvgIpc) is 1.68. The Bertz CT molecular complexity index is 39.4. The zero-order valence-electron chi connectivity index (χ0n) is 4.81. The summed E-state index contributed by atoms with van der Waals surface area (Å²) in [6.07, 6.45) is 4.46. The van der Waals surface area contributed by atoms with Gasteiger partial charge in [0, 0.05) is 0 Å². The summed E-state index contributed by atoms with van der Waals surface area (Å²) >= 11 is 0. The molecule has 0 radical (unpaired) electrons. The SMILES string of the molecule is C=O.CC1CCC1. The largest absolute Gasteiger partial charge is 0.307 e. The van der Waals surface area contributed by atoms with E-state index in [9.17, 15) is 0 Å². The third kappa shape index (κ3) is 2.38. The molecular weight excluding hydrogens is 88.1 g/mol. The molecule has 0 heterocycles. The van der Waals surface area contributed by atoms with Crippen LogP contribution in [0.15, 0.2) is 0 Å². The lowest BCUT2D eigenvalue weighted by molar-refractivity contribution is -0.0979. The van der Waals surface area contributed by atoms with Gasteiger partial charge in [-0.15, -0.1) is 0 Å². The second-order valence-electron chi connectivity index (χ2n) is 2.04. The van der Waals surface area contributed by atoms with E-state index in [1.807, 2.05) is 6.79 Å². The molecule has 0 amide bonds. The summed E-state index contributed by atoms with van der Waals surface area (Å²) in [6, 6.07) is 0. The van der Waals surface area contributed by atoms with E-state index in [2.05, 4.69) is 6.92 Å². The summed E-state index contributed by atoms with van der Waals surface area (Å²) in [7, 11) is 0. The Morgan fingerprint density at radius 3 is 1.71 bits per heavy atom. The maximum atomic E-state index is 8.00. The summed E-state index contributed by atoms with van der Waals surface area (Å²) in [6.45, 7) is 4.31. The van der Waals surface area contributed by atoms with Gasteiger partial charge in [0.1, 0.15) is 6.79 Å². The Hall–Kier alpha value is -0.330. The molecule has 0 unspecified atom stereocenters. The zero-order valence-corrected chi connectivity index (χ0v) is 4.81. The second-order valence-corrected chi connectivity index (χ2v) is 2.04. The van der Waals surface area contributed by atoms with Crippen LogP contribution in [0.5, 0.6) is 0 Å². The fraction of sp³-hybridized carbons (Fsp3) is 0.833. The van der Waals surface area contributed by atoms with E-state index < -0.39 is 0 Å². The van der Waals surface area contributed by atoms with Gasteiger partial charge in [0.15, 0.2) is 0 Å². The van der Waals surface area contributed by atoms with E-state index in [1.54, 1.807) is 0 Å². The Morgan fingerprint density at radius 2 is 1.71 bits per heavy atom. The highest BCUT2D eigenvalue weighted by atomic mass is 16.1. The number of hydrogen-bond donors (Lipinski definition) is 0. The van der Waals surface area contributed by atoms with Crippen molar-refractivity contribution in [3.63, 3.8) is 0 Å². The molecule has 1 heteroatoms. The van der Waals surface area contributed by atoms with Gasteiger partial charge >= 0.3 is 0 Å². The highest BCUT2D eigenvalue weighted by Crippen LogP contribution is 2.24. The van der Waals surface area contributed by atoms with Crippen LogP contribution in [-0.4, -0.2) is 6.79 Å². The summed E-state index contributed by atoms with van der Waals surface area (Å²) in [5.74, 6) is 1.06. The summed E-state index contributed by atoms with van der Waals surface area (Å²) in [5.41, 5.74) is 0.